The van der Waals surface area contributed by atoms with E-state index < -0.39 is 5.97 Å². The second-order valence-electron chi connectivity index (χ2n) is 6.22. The van der Waals surface area contributed by atoms with Gasteiger partial charge in [-0.25, -0.2) is 4.79 Å². The lowest BCUT2D eigenvalue weighted by Gasteiger charge is -2.04. The van der Waals surface area contributed by atoms with Crippen LogP contribution in [0.2, 0.25) is 0 Å². The zero-order valence-electron chi connectivity index (χ0n) is 18.0. The van der Waals surface area contributed by atoms with Crippen molar-refractivity contribution < 1.29 is 14.6 Å². The third-order valence-corrected chi connectivity index (χ3v) is 3.97. The summed E-state index contributed by atoms with van der Waals surface area (Å²) in [7, 11) is 1.96. The average molecular weight is 442 g/mol. The number of rotatable bonds is 12. The summed E-state index contributed by atoms with van der Waals surface area (Å²) < 4.78 is 5.43. The molecule has 0 bridgehead atoms. The van der Waals surface area contributed by atoms with Gasteiger partial charge in [0.25, 0.3) is 6.01 Å². The van der Waals surface area contributed by atoms with Gasteiger partial charge in [-0.1, -0.05) is 48.6 Å². The number of aromatic nitrogens is 2. The number of aromatic amines is 1. The van der Waals surface area contributed by atoms with Crippen LogP contribution < -0.4 is 4.74 Å². The Bertz CT molecular complexity index is 947. The molecule has 1 heterocycles. The summed E-state index contributed by atoms with van der Waals surface area (Å²) in [5.41, 5.74) is 3.28. The van der Waals surface area contributed by atoms with Gasteiger partial charge in [-0.2, -0.15) is 4.98 Å². The van der Waals surface area contributed by atoms with E-state index in [1.165, 1.54) is 23.9 Å². The van der Waals surface area contributed by atoms with Crippen molar-refractivity contribution in [2.75, 3.05) is 7.05 Å². The molecule has 0 radical (unpaired) electrons. The normalized spacial score (nSPS) is 13.4. The van der Waals surface area contributed by atoms with Gasteiger partial charge in [0.2, 0.25) is 0 Å². The van der Waals surface area contributed by atoms with E-state index in [-0.39, 0.29) is 11.6 Å². The fraction of sp³-hybridized carbons (Fsp3) is 0.167. The van der Waals surface area contributed by atoms with Crippen LogP contribution in [0.5, 0.6) is 6.01 Å². The maximum atomic E-state index is 11.3. The predicted octanol–water partition coefficient (Wildman–Crippen LogP) is 6.04. The first-order valence-electron chi connectivity index (χ1n) is 9.54. The maximum absolute atomic E-state index is 11.3. The summed E-state index contributed by atoms with van der Waals surface area (Å²) in [6.45, 7) is 7.20. The topological polar surface area (TPSA) is 78.5 Å². The fourth-order valence-electron chi connectivity index (χ4n) is 2.29. The van der Waals surface area contributed by atoms with Crippen molar-refractivity contribution in [1.82, 2.24) is 14.9 Å². The number of hydrogen-bond donors (Lipinski definition) is 2. The van der Waals surface area contributed by atoms with Gasteiger partial charge in [-0.15, -0.1) is 0 Å². The molecule has 0 aromatic carbocycles. The summed E-state index contributed by atoms with van der Waals surface area (Å²) in [6, 6.07) is 0.215. The molecule has 0 unspecified atom stereocenters. The van der Waals surface area contributed by atoms with Crippen LogP contribution in [-0.4, -0.2) is 33.0 Å². The summed E-state index contributed by atoms with van der Waals surface area (Å²) in [5, 5.41) is 9.23. The monoisotopic (exact) mass is 441 g/mol. The number of nitrogens with one attached hydrogen (secondary N) is 1. The number of hydrogen-bond acceptors (Lipinski definition) is 4. The quantitative estimate of drug-likeness (QED) is 0.235. The third-order valence-electron chi connectivity index (χ3n) is 3.85. The summed E-state index contributed by atoms with van der Waals surface area (Å²) in [5.74, 6) is -1.07. The Balaban J connectivity index is 2.81. The number of allylic oxidation sites excluding steroid dienone is 7. The Morgan fingerprint density at radius 2 is 2.06 bits per heavy atom. The number of ether oxygens (including phenoxy) is 1. The highest BCUT2D eigenvalue weighted by Gasteiger charge is 2.08. The van der Waals surface area contributed by atoms with Gasteiger partial charge in [-0.05, 0) is 56.3 Å². The van der Waals surface area contributed by atoms with Gasteiger partial charge in [-0.3, -0.25) is 0 Å². The summed E-state index contributed by atoms with van der Waals surface area (Å²) in [6.07, 6.45) is 22.1. The van der Waals surface area contributed by atoms with Gasteiger partial charge in [0.05, 0.1) is 23.2 Å². The molecule has 1 rings (SSSR count). The number of H-pyrrole nitrogens is 1. The number of aliphatic carboxylic acids is 1. The van der Waals surface area contributed by atoms with Crippen molar-refractivity contribution >= 4 is 29.7 Å². The van der Waals surface area contributed by atoms with E-state index in [0.717, 1.165) is 6.42 Å². The summed E-state index contributed by atoms with van der Waals surface area (Å²) in [4.78, 5) is 20.6. The first-order chi connectivity index (χ1) is 14.9. The molecule has 0 aliphatic rings. The molecule has 0 amide bonds. The Morgan fingerprint density at radius 3 is 2.71 bits per heavy atom. The number of carboxylic acids is 1. The average Bonchev–Trinajstić information content (AvgIpc) is 3.11. The number of carboxylic acid groups (broad SMARTS) is 1. The molecule has 1 aromatic heterocycles. The molecule has 6 nitrogen and oxygen atoms in total. The van der Waals surface area contributed by atoms with Crippen molar-refractivity contribution in [3.05, 3.63) is 95.8 Å². The van der Waals surface area contributed by atoms with Crippen molar-refractivity contribution in [2.24, 2.45) is 0 Å². The van der Waals surface area contributed by atoms with E-state index >= 15 is 0 Å². The molecule has 7 heteroatoms. The standard InChI is InChI=1S/C24H28ClN3O3/c1-5-16-28(4)17-11-9-7-8-10-12-21-22(13-15-25)27-24(26-21)31-18-14-20(23(29)30)19(3)6-2/h5-7,9-18H,2,8H2,1,3-4H3,(H,26,27)(H,29,30)/b9-7+,12-10+,15-13+,16-5+,17-11-,18-14+,20-19+. The molecular formula is C24H28ClN3O3. The number of imidazole rings is 1. The largest absolute Gasteiger partial charge is 0.478 e. The van der Waals surface area contributed by atoms with Crippen LogP contribution >= 0.6 is 11.6 Å². The first-order valence-corrected chi connectivity index (χ1v) is 9.97. The van der Waals surface area contributed by atoms with Gasteiger partial charge < -0.3 is 19.7 Å². The van der Waals surface area contributed by atoms with Crippen LogP contribution in [-0.2, 0) is 4.79 Å². The number of halogens is 1. The molecule has 0 fully saturated rings. The van der Waals surface area contributed by atoms with Crippen molar-refractivity contribution in [3.63, 3.8) is 0 Å². The Labute approximate surface area is 188 Å². The molecule has 0 aliphatic carbocycles. The number of nitrogens with zero attached hydrogens (tertiary/aromatic N) is 2. The maximum Gasteiger partial charge on any atom is 0.336 e. The van der Waals surface area contributed by atoms with Crippen molar-refractivity contribution in [2.45, 2.75) is 20.3 Å². The van der Waals surface area contributed by atoms with E-state index in [9.17, 15) is 9.90 Å². The lowest BCUT2D eigenvalue weighted by Crippen LogP contribution is -2.00. The van der Waals surface area contributed by atoms with E-state index in [1.54, 1.807) is 13.0 Å². The summed E-state index contributed by atoms with van der Waals surface area (Å²) >= 11 is 5.69. The fourth-order valence-corrected chi connectivity index (χ4v) is 2.41. The van der Waals surface area contributed by atoms with Crippen LogP contribution in [0.4, 0.5) is 0 Å². The highest BCUT2D eigenvalue weighted by molar-refractivity contribution is 6.27. The molecule has 1 aromatic rings. The van der Waals surface area contributed by atoms with Gasteiger partial charge >= 0.3 is 5.97 Å². The third kappa shape index (κ3) is 9.69. The second-order valence-corrected chi connectivity index (χ2v) is 6.47. The predicted molar refractivity (Wildman–Crippen MR) is 128 cm³/mol. The smallest absolute Gasteiger partial charge is 0.336 e. The molecular weight excluding hydrogens is 414 g/mol. The highest BCUT2D eigenvalue weighted by Crippen LogP contribution is 2.17. The minimum Gasteiger partial charge on any atom is -0.478 e. The molecule has 164 valence electrons. The molecule has 0 saturated heterocycles. The van der Waals surface area contributed by atoms with Crippen molar-refractivity contribution in [3.8, 4) is 6.01 Å². The SMILES string of the molecule is C=C/C(C)=C(\C=C\Oc1nc(/C=C/Cl)c(/C=C/C/C=C/C=C\N(C)/C=C/C)[nH]1)C(=O)O. The van der Waals surface area contributed by atoms with Crippen LogP contribution in [0, 0.1) is 0 Å². The van der Waals surface area contributed by atoms with E-state index in [1.807, 2.05) is 67.7 Å². The van der Waals surface area contributed by atoms with E-state index in [0.29, 0.717) is 17.0 Å². The Kier molecular flexibility index (Phi) is 11.9. The van der Waals surface area contributed by atoms with Gasteiger partial charge in [0, 0.05) is 18.8 Å². The van der Waals surface area contributed by atoms with Crippen LogP contribution in [0.1, 0.15) is 31.7 Å². The lowest BCUT2D eigenvalue weighted by atomic mass is 10.1. The van der Waals surface area contributed by atoms with E-state index in [2.05, 4.69) is 16.5 Å². The Hall–Kier alpha value is -3.51. The second kappa shape index (κ2) is 14.5. The Morgan fingerprint density at radius 1 is 1.29 bits per heavy atom. The first kappa shape index (κ1) is 25.5. The molecule has 0 spiro atoms. The van der Waals surface area contributed by atoms with Crippen LogP contribution in [0.3, 0.4) is 0 Å². The molecule has 0 saturated carbocycles. The molecule has 0 atom stereocenters. The van der Waals surface area contributed by atoms with Gasteiger partial charge in [0.15, 0.2) is 0 Å². The zero-order chi connectivity index (χ0) is 23.1. The minimum absolute atomic E-state index is 0.0836. The van der Waals surface area contributed by atoms with Crippen LogP contribution in [0.15, 0.2) is 84.5 Å². The zero-order valence-corrected chi connectivity index (χ0v) is 18.7. The number of carbonyl (C=O) groups is 1. The van der Waals surface area contributed by atoms with E-state index in [4.69, 9.17) is 16.3 Å². The molecule has 31 heavy (non-hydrogen) atoms. The molecule has 0 aliphatic heterocycles. The minimum atomic E-state index is -1.07. The molecule has 2 N–H and O–H groups in total. The van der Waals surface area contributed by atoms with Crippen molar-refractivity contribution in [1.29, 1.82) is 0 Å². The highest BCUT2D eigenvalue weighted by atomic mass is 35.5. The van der Waals surface area contributed by atoms with Crippen LogP contribution in [0.25, 0.3) is 12.2 Å². The van der Waals surface area contributed by atoms with Gasteiger partial charge in [0.1, 0.15) is 0 Å². The lowest BCUT2D eigenvalue weighted by molar-refractivity contribution is -0.132.